The molecule has 13 nitrogen and oxygen atoms in total. The molecule has 75 heavy (non-hydrogen) atoms. The number of ether oxygens (including phenoxy) is 2. The Labute approximate surface area is 436 Å². The molecule has 8 aromatic rings. The zero-order valence-corrected chi connectivity index (χ0v) is 42.6. The highest BCUT2D eigenvalue weighted by Gasteiger charge is 2.32. The minimum absolute atomic E-state index is 0.135. The van der Waals surface area contributed by atoms with Gasteiger partial charge in [-0.15, -0.1) is 0 Å². The average Bonchev–Trinajstić information content (AvgIpc) is 3.99. The van der Waals surface area contributed by atoms with Gasteiger partial charge in [0.25, 0.3) is 11.8 Å². The number of aromatic nitrogens is 3. The molecule has 2 heterocycles. The maximum Gasteiger partial charge on any atom is 0.278 e. The molecule has 13 heteroatoms. The van der Waals surface area contributed by atoms with E-state index in [1.807, 2.05) is 103 Å². The summed E-state index contributed by atoms with van der Waals surface area (Å²) in [5.74, 6) is 7.74. The number of fused-ring (bicyclic) bond motifs is 1. The van der Waals surface area contributed by atoms with Gasteiger partial charge in [-0.25, -0.2) is 10.0 Å². The first-order valence-corrected chi connectivity index (χ1v) is 24.8. The maximum atomic E-state index is 14.0. The molecule has 0 saturated heterocycles. The van der Waals surface area contributed by atoms with E-state index in [1.54, 1.807) is 55.5 Å². The van der Waals surface area contributed by atoms with Gasteiger partial charge < -0.3 is 20.1 Å². The highest BCUT2D eigenvalue weighted by Crippen LogP contribution is 2.37. The maximum absolute atomic E-state index is 14.0. The van der Waals surface area contributed by atoms with Crippen molar-refractivity contribution >= 4 is 35.3 Å². The van der Waals surface area contributed by atoms with Crippen molar-refractivity contribution in [1.29, 1.82) is 0 Å². The number of hydrogen-bond donors (Lipinski definition) is 3. The van der Waals surface area contributed by atoms with Gasteiger partial charge in [-0.1, -0.05) is 88.1 Å². The largest absolute Gasteiger partial charge is 0.457 e. The molecule has 2 amide bonds. The number of H-pyrrole nitrogens is 1. The summed E-state index contributed by atoms with van der Waals surface area (Å²) in [6.45, 7) is 12.6. The van der Waals surface area contributed by atoms with E-state index in [9.17, 15) is 19.2 Å². The fourth-order valence-electron chi connectivity index (χ4n) is 8.71. The molecule has 0 radical (unpaired) electrons. The summed E-state index contributed by atoms with van der Waals surface area (Å²) in [4.78, 5) is 63.8. The quantitative estimate of drug-likeness (QED) is 0.0454. The molecule has 1 aliphatic heterocycles. The number of nitrogens with zero attached hydrogens (tertiary/aromatic N) is 3. The zero-order valence-electron chi connectivity index (χ0n) is 42.6. The molecule has 376 valence electrons. The third-order valence-corrected chi connectivity index (χ3v) is 13.8. The zero-order chi connectivity index (χ0) is 52.7. The Morgan fingerprint density at radius 1 is 0.733 bits per heavy atom. The van der Waals surface area contributed by atoms with Crippen LogP contribution < -0.4 is 20.1 Å². The normalized spacial score (nSPS) is 12.7. The number of amides is 2. The predicted octanol–water partition coefficient (Wildman–Crippen LogP) is 13.0. The molecule has 0 spiro atoms. The van der Waals surface area contributed by atoms with Crippen LogP contribution in [0.3, 0.4) is 0 Å². The topological polar surface area (TPSA) is 165 Å². The van der Waals surface area contributed by atoms with Crippen LogP contribution >= 0.6 is 0 Å². The summed E-state index contributed by atoms with van der Waals surface area (Å²) in [5, 5.41) is 14.6. The van der Waals surface area contributed by atoms with E-state index in [4.69, 9.17) is 14.3 Å². The molecule has 0 saturated carbocycles. The van der Waals surface area contributed by atoms with Gasteiger partial charge in [0.05, 0.1) is 11.1 Å². The number of carbonyl (C=O) groups excluding carboxylic acids is 4. The number of hydrogen-bond acceptors (Lipinski definition) is 10. The SMILES string of the molecule is CCC(C)(CC)Nc1cc(NC(=O)c2ccc(Oc3ccc(C(C)(C)c4ccc(Oc5ccc6c(c5)C(=O)N(C(C)c5nc[nH]n5)OC6)cc4)cc3)cc2C=O)cc(C(=O)c2ccc(C#Cc3ccccc3)cc2)c1. The van der Waals surface area contributed by atoms with Gasteiger partial charge in [0.1, 0.15) is 42.0 Å². The predicted molar refractivity (Wildman–Crippen MR) is 288 cm³/mol. The molecule has 0 aliphatic carbocycles. The molecular formula is C62H56N6O7. The molecule has 1 atom stereocenters. The summed E-state index contributed by atoms with van der Waals surface area (Å²) in [7, 11) is 0. The van der Waals surface area contributed by atoms with Crippen LogP contribution in [0.5, 0.6) is 23.0 Å². The van der Waals surface area contributed by atoms with E-state index >= 15 is 0 Å². The fourth-order valence-corrected chi connectivity index (χ4v) is 8.71. The first kappa shape index (κ1) is 50.8. The van der Waals surface area contributed by atoms with Crippen molar-refractivity contribution in [3.05, 3.63) is 226 Å². The van der Waals surface area contributed by atoms with Crippen LogP contribution in [0.25, 0.3) is 0 Å². The number of aldehydes is 1. The van der Waals surface area contributed by atoms with Gasteiger partial charge in [0, 0.05) is 50.1 Å². The highest BCUT2D eigenvalue weighted by atomic mass is 16.7. The Bertz CT molecular complexity index is 3430. The molecular weight excluding hydrogens is 941 g/mol. The van der Waals surface area contributed by atoms with Crippen LogP contribution in [0, 0.1) is 11.8 Å². The molecule has 9 rings (SSSR count). The average molecular weight is 997 g/mol. The second-order valence-corrected chi connectivity index (χ2v) is 19.2. The molecule has 1 unspecified atom stereocenters. The first-order valence-electron chi connectivity index (χ1n) is 24.8. The fraction of sp³-hybridized carbons (Fsp3) is 0.194. The third kappa shape index (κ3) is 11.6. The van der Waals surface area contributed by atoms with Crippen molar-refractivity contribution in [2.75, 3.05) is 10.6 Å². The van der Waals surface area contributed by atoms with Crippen molar-refractivity contribution in [1.82, 2.24) is 20.2 Å². The summed E-state index contributed by atoms with van der Waals surface area (Å²) in [6.07, 6.45) is 3.74. The number of aromatic amines is 1. The second kappa shape index (κ2) is 21.9. The van der Waals surface area contributed by atoms with E-state index in [2.05, 4.69) is 72.3 Å². The van der Waals surface area contributed by atoms with Crippen molar-refractivity contribution in [3.63, 3.8) is 0 Å². The van der Waals surface area contributed by atoms with E-state index in [0.717, 1.165) is 40.7 Å². The first-order chi connectivity index (χ1) is 36.2. The van der Waals surface area contributed by atoms with Gasteiger partial charge in [-0.05, 0) is 153 Å². The lowest BCUT2D eigenvalue weighted by Gasteiger charge is -2.31. The molecule has 0 bridgehead atoms. The lowest BCUT2D eigenvalue weighted by Crippen LogP contribution is -2.38. The number of carbonyl (C=O) groups is 4. The van der Waals surface area contributed by atoms with Crippen LogP contribution in [0.4, 0.5) is 11.4 Å². The number of rotatable bonds is 17. The summed E-state index contributed by atoms with van der Waals surface area (Å²) < 4.78 is 12.4. The van der Waals surface area contributed by atoms with Gasteiger partial charge in [-0.2, -0.15) is 5.10 Å². The standard InChI is InChI=1S/C62H56N6O7/c1-7-62(6,8-2)66-50-33-45(57(70)43-18-16-42(17-19-43)15-14-41-12-10-9-11-13-41)32-49(35-50)65-59(71)55-31-30-53(34-46(55)37-69)74-51-26-21-47(22-27-51)61(4,5)48-23-28-52(29-24-48)75-54-25-20-44-38-73-68(60(72)56(44)36-54)40(3)58-63-39-64-67-58/h9-13,16-37,39-40,66H,7-8,38H2,1-6H3,(H,65,71)(H,63,64,67). The van der Waals surface area contributed by atoms with Crippen LogP contribution in [-0.2, 0) is 16.9 Å². The van der Waals surface area contributed by atoms with Crippen molar-refractivity contribution < 1.29 is 33.5 Å². The van der Waals surface area contributed by atoms with E-state index < -0.39 is 17.4 Å². The number of benzene rings is 7. The lowest BCUT2D eigenvalue weighted by atomic mass is 9.78. The highest BCUT2D eigenvalue weighted by molar-refractivity contribution is 6.12. The number of nitrogens with one attached hydrogen (secondary N) is 3. The lowest BCUT2D eigenvalue weighted by molar-refractivity contribution is -0.164. The minimum atomic E-state index is -0.520. The summed E-state index contributed by atoms with van der Waals surface area (Å²) >= 11 is 0. The van der Waals surface area contributed by atoms with Crippen molar-refractivity contribution in [2.45, 2.75) is 78.0 Å². The van der Waals surface area contributed by atoms with Crippen LogP contribution in [0.2, 0.25) is 0 Å². The molecule has 3 N–H and O–H groups in total. The Kier molecular flexibility index (Phi) is 14.9. The second-order valence-electron chi connectivity index (χ2n) is 19.2. The van der Waals surface area contributed by atoms with Crippen LogP contribution in [-0.4, -0.2) is 49.7 Å². The van der Waals surface area contributed by atoms with Gasteiger partial charge in [-0.3, -0.25) is 29.1 Å². The smallest absolute Gasteiger partial charge is 0.278 e. The Hall–Kier alpha value is -9.12. The molecule has 7 aromatic carbocycles. The van der Waals surface area contributed by atoms with E-state index in [1.165, 1.54) is 17.5 Å². The minimum Gasteiger partial charge on any atom is -0.457 e. The van der Waals surface area contributed by atoms with Crippen molar-refractivity contribution in [2.24, 2.45) is 0 Å². The van der Waals surface area contributed by atoms with Crippen LogP contribution in [0.1, 0.15) is 141 Å². The number of hydroxylamine groups is 2. The van der Waals surface area contributed by atoms with Gasteiger partial charge >= 0.3 is 0 Å². The summed E-state index contributed by atoms with van der Waals surface area (Å²) in [6, 6.07) is 47.2. The van der Waals surface area contributed by atoms with Crippen molar-refractivity contribution in [3.8, 4) is 34.8 Å². The molecule has 0 fully saturated rings. The Balaban J connectivity index is 0.852. The van der Waals surface area contributed by atoms with Gasteiger partial charge in [0.15, 0.2) is 17.9 Å². The number of anilines is 2. The Morgan fingerprint density at radius 3 is 1.95 bits per heavy atom. The van der Waals surface area contributed by atoms with Crippen LogP contribution in [0.15, 0.2) is 164 Å². The van der Waals surface area contributed by atoms with Gasteiger partial charge in [0.2, 0.25) is 0 Å². The van der Waals surface area contributed by atoms with E-state index in [0.29, 0.717) is 63.2 Å². The molecule has 1 aliphatic rings. The number of ketones is 1. The van der Waals surface area contributed by atoms with E-state index in [-0.39, 0.29) is 35.0 Å². The summed E-state index contributed by atoms with van der Waals surface area (Å²) in [5.41, 5.74) is 6.53. The monoisotopic (exact) mass is 996 g/mol. The third-order valence-electron chi connectivity index (χ3n) is 13.8. The Morgan fingerprint density at radius 2 is 1.33 bits per heavy atom. The molecule has 1 aromatic heterocycles.